The van der Waals surface area contributed by atoms with E-state index >= 15 is 0 Å². The fourth-order valence-corrected chi connectivity index (χ4v) is 2.94. The van der Waals surface area contributed by atoms with Crippen molar-refractivity contribution in [3.8, 4) is 0 Å². The number of hydrogen-bond donors (Lipinski definition) is 1. The Hall–Kier alpha value is -2.00. The summed E-state index contributed by atoms with van der Waals surface area (Å²) in [6.45, 7) is 1.52. The summed E-state index contributed by atoms with van der Waals surface area (Å²) in [4.78, 5) is 13.5. The fourth-order valence-electron chi connectivity index (χ4n) is 2.69. The van der Waals surface area contributed by atoms with E-state index in [2.05, 4.69) is 17.0 Å². The molecule has 0 atom stereocenters. The summed E-state index contributed by atoms with van der Waals surface area (Å²) >= 11 is 6.04. The molecule has 1 aliphatic rings. The maximum atomic E-state index is 11.4. The quantitative estimate of drug-likeness (QED) is 0.917. The first-order chi connectivity index (χ1) is 9.66. The number of nitrogens with zero attached hydrogens (tertiary/aromatic N) is 1. The smallest absolute Gasteiger partial charge is 0.339 e. The Labute approximate surface area is 122 Å². The van der Waals surface area contributed by atoms with E-state index in [1.807, 2.05) is 18.2 Å². The van der Waals surface area contributed by atoms with Gasteiger partial charge in [-0.05, 0) is 29.7 Å². The summed E-state index contributed by atoms with van der Waals surface area (Å²) in [6.07, 6.45) is 0.918. The lowest BCUT2D eigenvalue weighted by atomic mass is 9.98. The van der Waals surface area contributed by atoms with Gasteiger partial charge in [-0.3, -0.25) is 0 Å². The summed E-state index contributed by atoms with van der Waals surface area (Å²) in [6, 6.07) is 13.5. The molecule has 1 aliphatic heterocycles. The minimum Gasteiger partial charge on any atom is -0.478 e. The van der Waals surface area contributed by atoms with Gasteiger partial charge >= 0.3 is 5.97 Å². The summed E-state index contributed by atoms with van der Waals surface area (Å²) in [5.41, 5.74) is 3.46. The Bertz CT molecular complexity index is 669. The number of rotatable bonds is 2. The molecular formula is C16H14ClNO2. The average Bonchev–Trinajstić information content (AvgIpc) is 2.46. The van der Waals surface area contributed by atoms with Crippen molar-refractivity contribution in [1.82, 2.24) is 0 Å². The first-order valence-corrected chi connectivity index (χ1v) is 6.88. The Morgan fingerprint density at radius 2 is 1.85 bits per heavy atom. The Morgan fingerprint density at radius 1 is 1.10 bits per heavy atom. The van der Waals surface area contributed by atoms with Gasteiger partial charge in [0.15, 0.2) is 0 Å². The predicted molar refractivity (Wildman–Crippen MR) is 79.6 cm³/mol. The van der Waals surface area contributed by atoms with Crippen LogP contribution in [0.15, 0.2) is 42.5 Å². The third-order valence-corrected chi connectivity index (χ3v) is 3.99. The number of carboxylic acid groups (broad SMARTS) is 1. The lowest BCUT2D eigenvalue weighted by molar-refractivity contribution is 0.0697. The van der Waals surface area contributed by atoms with Crippen LogP contribution in [0, 0.1) is 0 Å². The average molecular weight is 288 g/mol. The maximum Gasteiger partial charge on any atom is 0.339 e. The number of carboxylic acids is 1. The first-order valence-electron chi connectivity index (χ1n) is 6.50. The van der Waals surface area contributed by atoms with Crippen LogP contribution in [0.25, 0.3) is 0 Å². The van der Waals surface area contributed by atoms with Crippen LogP contribution >= 0.6 is 11.6 Å². The molecule has 0 bridgehead atoms. The number of hydrogen-bond acceptors (Lipinski definition) is 2. The number of carbonyl (C=O) groups is 1. The summed E-state index contributed by atoms with van der Waals surface area (Å²) < 4.78 is 0. The molecule has 0 radical (unpaired) electrons. The van der Waals surface area contributed by atoms with Gasteiger partial charge in [-0.15, -0.1) is 0 Å². The zero-order chi connectivity index (χ0) is 14.1. The van der Waals surface area contributed by atoms with Gasteiger partial charge in [0.25, 0.3) is 0 Å². The molecule has 0 amide bonds. The molecule has 0 unspecified atom stereocenters. The van der Waals surface area contributed by atoms with E-state index in [1.54, 1.807) is 12.1 Å². The number of halogens is 1. The SMILES string of the molecule is O=C(O)c1c(Cl)cccc1N1CCc2ccccc2C1. The molecule has 4 heteroatoms. The zero-order valence-electron chi connectivity index (χ0n) is 10.8. The van der Waals surface area contributed by atoms with Gasteiger partial charge in [-0.25, -0.2) is 4.79 Å². The molecule has 3 nitrogen and oxygen atoms in total. The number of benzene rings is 2. The standard InChI is InChI=1S/C16H14ClNO2/c17-13-6-3-7-14(15(13)16(19)20)18-9-8-11-4-1-2-5-12(11)10-18/h1-7H,8-10H2,(H,19,20). The van der Waals surface area contributed by atoms with Crippen molar-refractivity contribution < 1.29 is 9.90 Å². The van der Waals surface area contributed by atoms with Crippen LogP contribution in [0.1, 0.15) is 21.5 Å². The lowest BCUT2D eigenvalue weighted by Gasteiger charge is -2.31. The molecule has 1 heterocycles. The molecule has 0 saturated carbocycles. The third-order valence-electron chi connectivity index (χ3n) is 3.68. The van der Waals surface area contributed by atoms with Crippen LogP contribution < -0.4 is 4.90 Å². The van der Waals surface area contributed by atoms with E-state index in [0.29, 0.717) is 5.69 Å². The summed E-state index contributed by atoms with van der Waals surface area (Å²) in [5.74, 6) is -0.982. The topological polar surface area (TPSA) is 40.5 Å². The van der Waals surface area contributed by atoms with Gasteiger partial charge in [0.1, 0.15) is 5.56 Å². The molecular weight excluding hydrogens is 274 g/mol. The molecule has 2 aromatic carbocycles. The van der Waals surface area contributed by atoms with Crippen LogP contribution in [0.5, 0.6) is 0 Å². The van der Waals surface area contributed by atoms with E-state index in [9.17, 15) is 9.90 Å². The third kappa shape index (κ3) is 2.25. The first kappa shape index (κ1) is 13.0. The molecule has 20 heavy (non-hydrogen) atoms. The van der Waals surface area contributed by atoms with Crippen molar-refractivity contribution >= 4 is 23.3 Å². The van der Waals surface area contributed by atoms with Crippen LogP contribution in [0.4, 0.5) is 5.69 Å². The van der Waals surface area contributed by atoms with Crippen LogP contribution in [0.2, 0.25) is 5.02 Å². The van der Waals surface area contributed by atoms with Crippen molar-refractivity contribution in [3.05, 3.63) is 64.2 Å². The number of aromatic carboxylic acids is 1. The lowest BCUT2D eigenvalue weighted by Crippen LogP contribution is -2.31. The van der Waals surface area contributed by atoms with Gasteiger partial charge in [0.2, 0.25) is 0 Å². The zero-order valence-corrected chi connectivity index (χ0v) is 11.6. The molecule has 2 aromatic rings. The Kier molecular flexibility index (Phi) is 3.36. The van der Waals surface area contributed by atoms with Gasteiger partial charge in [0.05, 0.1) is 10.7 Å². The van der Waals surface area contributed by atoms with Gasteiger partial charge in [-0.1, -0.05) is 41.9 Å². The van der Waals surface area contributed by atoms with Crippen LogP contribution in [-0.2, 0) is 13.0 Å². The second kappa shape index (κ2) is 5.17. The fraction of sp³-hybridized carbons (Fsp3) is 0.188. The number of fused-ring (bicyclic) bond motifs is 1. The molecule has 3 rings (SSSR count). The van der Waals surface area contributed by atoms with E-state index < -0.39 is 5.97 Å². The predicted octanol–water partition coefficient (Wildman–Crippen LogP) is 3.60. The number of anilines is 1. The summed E-state index contributed by atoms with van der Waals surface area (Å²) in [5, 5.41) is 9.65. The Balaban J connectivity index is 2.00. The van der Waals surface area contributed by atoms with E-state index in [-0.39, 0.29) is 10.6 Å². The highest BCUT2D eigenvalue weighted by Gasteiger charge is 2.22. The van der Waals surface area contributed by atoms with Gasteiger partial charge in [0, 0.05) is 13.1 Å². The monoisotopic (exact) mass is 287 g/mol. The second-order valence-electron chi connectivity index (χ2n) is 4.88. The van der Waals surface area contributed by atoms with Gasteiger partial charge in [-0.2, -0.15) is 0 Å². The second-order valence-corrected chi connectivity index (χ2v) is 5.29. The Morgan fingerprint density at radius 3 is 2.60 bits per heavy atom. The molecule has 0 fully saturated rings. The molecule has 1 N–H and O–H groups in total. The summed E-state index contributed by atoms with van der Waals surface area (Å²) in [7, 11) is 0. The highest BCUT2D eigenvalue weighted by atomic mass is 35.5. The van der Waals surface area contributed by atoms with E-state index in [0.717, 1.165) is 19.5 Å². The van der Waals surface area contributed by atoms with Crippen molar-refractivity contribution in [2.75, 3.05) is 11.4 Å². The molecule has 0 aliphatic carbocycles. The van der Waals surface area contributed by atoms with Gasteiger partial charge < -0.3 is 10.0 Å². The van der Waals surface area contributed by atoms with Crippen molar-refractivity contribution in [2.24, 2.45) is 0 Å². The highest BCUT2D eigenvalue weighted by Crippen LogP contribution is 2.31. The minimum absolute atomic E-state index is 0.188. The maximum absolute atomic E-state index is 11.4. The molecule has 0 aromatic heterocycles. The largest absolute Gasteiger partial charge is 0.478 e. The van der Waals surface area contributed by atoms with E-state index in [1.165, 1.54) is 11.1 Å². The van der Waals surface area contributed by atoms with Crippen LogP contribution in [0.3, 0.4) is 0 Å². The molecule has 0 spiro atoms. The molecule has 102 valence electrons. The van der Waals surface area contributed by atoms with Crippen LogP contribution in [-0.4, -0.2) is 17.6 Å². The molecule has 0 saturated heterocycles. The normalized spacial score (nSPS) is 13.9. The van der Waals surface area contributed by atoms with Crippen molar-refractivity contribution in [3.63, 3.8) is 0 Å². The van der Waals surface area contributed by atoms with E-state index in [4.69, 9.17) is 11.6 Å². The van der Waals surface area contributed by atoms with Crippen molar-refractivity contribution in [2.45, 2.75) is 13.0 Å². The van der Waals surface area contributed by atoms with Crippen molar-refractivity contribution in [1.29, 1.82) is 0 Å². The minimum atomic E-state index is -0.982. The highest BCUT2D eigenvalue weighted by molar-refractivity contribution is 6.34.